The summed E-state index contributed by atoms with van der Waals surface area (Å²) in [5, 5.41) is 0. The minimum atomic E-state index is 0. The Labute approximate surface area is 74.9 Å². The molecule has 2 N–H and O–H groups in total. The van der Waals surface area contributed by atoms with Crippen LogP contribution in [0.2, 0.25) is 0 Å². The summed E-state index contributed by atoms with van der Waals surface area (Å²) in [4.78, 5) is 0. The number of nitrogens with two attached hydrogens (primary N) is 1. The number of halogens is 1. The van der Waals surface area contributed by atoms with Crippen molar-refractivity contribution in [1.29, 1.82) is 0 Å². The van der Waals surface area contributed by atoms with Gasteiger partial charge in [-0.2, -0.15) is 0 Å². The largest absolute Gasteiger partial charge is 0.384 e. The second kappa shape index (κ2) is 4.96. The minimum Gasteiger partial charge on any atom is -0.384 e. The van der Waals surface area contributed by atoms with Crippen LogP contribution in [0.5, 0.6) is 0 Å². The van der Waals surface area contributed by atoms with Crippen LogP contribution in [0.3, 0.4) is 0 Å². The van der Waals surface area contributed by atoms with E-state index in [1.54, 1.807) is 7.11 Å². The van der Waals surface area contributed by atoms with Gasteiger partial charge in [0, 0.05) is 19.1 Å². The Morgan fingerprint density at radius 3 is 2.27 bits per heavy atom. The van der Waals surface area contributed by atoms with Crippen LogP contribution < -0.4 is 5.73 Å². The van der Waals surface area contributed by atoms with E-state index in [9.17, 15) is 0 Å². The van der Waals surface area contributed by atoms with E-state index < -0.39 is 0 Å². The molecule has 1 saturated carbocycles. The Morgan fingerprint density at radius 2 is 1.91 bits per heavy atom. The van der Waals surface area contributed by atoms with E-state index in [1.165, 1.54) is 25.7 Å². The summed E-state index contributed by atoms with van der Waals surface area (Å²) in [6, 6.07) is 0. The van der Waals surface area contributed by atoms with Crippen LogP contribution in [0.15, 0.2) is 0 Å². The van der Waals surface area contributed by atoms with Gasteiger partial charge in [-0.3, -0.25) is 0 Å². The summed E-state index contributed by atoms with van der Waals surface area (Å²) < 4.78 is 5.14. The maximum atomic E-state index is 5.67. The number of hydrogen-bond acceptors (Lipinski definition) is 2. The monoisotopic (exact) mass is 179 g/mol. The third-order valence-electron chi connectivity index (χ3n) is 2.55. The summed E-state index contributed by atoms with van der Waals surface area (Å²) >= 11 is 0. The number of hydrogen-bond donors (Lipinski definition) is 1. The number of methoxy groups -OCH3 is 1. The van der Waals surface area contributed by atoms with Crippen LogP contribution in [0.25, 0.3) is 0 Å². The normalized spacial score (nSPS) is 21.3. The molecule has 0 aromatic rings. The molecule has 1 rings (SSSR count). The summed E-state index contributed by atoms with van der Waals surface area (Å²) in [5.41, 5.74) is 6.02. The van der Waals surface area contributed by atoms with Crippen LogP contribution in [-0.4, -0.2) is 20.3 Å². The fourth-order valence-electron chi connectivity index (χ4n) is 1.84. The van der Waals surface area contributed by atoms with E-state index in [0.717, 1.165) is 13.2 Å². The molecule has 0 aromatic carbocycles. The van der Waals surface area contributed by atoms with Crippen molar-refractivity contribution in [3.05, 3.63) is 0 Å². The first-order valence-electron chi connectivity index (χ1n) is 4.02. The van der Waals surface area contributed by atoms with Crippen molar-refractivity contribution in [3.8, 4) is 0 Å². The van der Waals surface area contributed by atoms with Crippen LogP contribution in [0.4, 0.5) is 0 Å². The predicted octanol–water partition coefficient (Wildman–Crippen LogP) is 1.57. The first kappa shape index (κ1) is 11.2. The lowest BCUT2D eigenvalue weighted by Crippen LogP contribution is -2.31. The van der Waals surface area contributed by atoms with Crippen LogP contribution >= 0.6 is 12.4 Å². The fourth-order valence-corrected chi connectivity index (χ4v) is 1.84. The van der Waals surface area contributed by atoms with Gasteiger partial charge in [-0.05, 0) is 12.8 Å². The molecule has 0 amide bonds. The molecular weight excluding hydrogens is 162 g/mol. The molecule has 2 nitrogen and oxygen atoms in total. The van der Waals surface area contributed by atoms with Crippen molar-refractivity contribution in [2.75, 3.05) is 20.3 Å². The van der Waals surface area contributed by atoms with Gasteiger partial charge in [-0.1, -0.05) is 12.8 Å². The minimum absolute atomic E-state index is 0. The van der Waals surface area contributed by atoms with E-state index in [1.807, 2.05) is 0 Å². The van der Waals surface area contributed by atoms with E-state index in [-0.39, 0.29) is 12.4 Å². The Morgan fingerprint density at radius 1 is 1.36 bits per heavy atom. The van der Waals surface area contributed by atoms with Crippen molar-refractivity contribution in [2.45, 2.75) is 25.7 Å². The highest BCUT2D eigenvalue weighted by atomic mass is 35.5. The third kappa shape index (κ3) is 2.62. The lowest BCUT2D eigenvalue weighted by Gasteiger charge is -2.25. The van der Waals surface area contributed by atoms with Gasteiger partial charge in [0.1, 0.15) is 0 Å². The van der Waals surface area contributed by atoms with Gasteiger partial charge in [0.05, 0.1) is 6.61 Å². The Balaban J connectivity index is 0.000001000. The van der Waals surface area contributed by atoms with Crippen molar-refractivity contribution in [3.63, 3.8) is 0 Å². The molecule has 0 unspecified atom stereocenters. The van der Waals surface area contributed by atoms with Gasteiger partial charge in [-0.15, -0.1) is 12.4 Å². The lowest BCUT2D eigenvalue weighted by atomic mass is 9.87. The molecule has 0 aliphatic heterocycles. The van der Waals surface area contributed by atoms with E-state index in [0.29, 0.717) is 5.41 Å². The van der Waals surface area contributed by atoms with Gasteiger partial charge in [0.25, 0.3) is 0 Å². The van der Waals surface area contributed by atoms with Crippen LogP contribution in [-0.2, 0) is 4.74 Å². The van der Waals surface area contributed by atoms with E-state index >= 15 is 0 Å². The molecule has 1 aliphatic rings. The zero-order valence-corrected chi connectivity index (χ0v) is 7.95. The smallest absolute Gasteiger partial charge is 0.0530 e. The molecule has 0 spiro atoms. The van der Waals surface area contributed by atoms with Gasteiger partial charge in [-0.25, -0.2) is 0 Å². The average molecular weight is 180 g/mol. The molecule has 1 fully saturated rings. The average Bonchev–Trinajstić information content (AvgIpc) is 2.39. The molecule has 0 heterocycles. The topological polar surface area (TPSA) is 35.2 Å². The molecule has 1 aliphatic carbocycles. The van der Waals surface area contributed by atoms with Crippen molar-refractivity contribution >= 4 is 12.4 Å². The first-order valence-corrected chi connectivity index (χ1v) is 4.02. The maximum absolute atomic E-state index is 5.67. The summed E-state index contributed by atoms with van der Waals surface area (Å²) in [5.74, 6) is 0. The maximum Gasteiger partial charge on any atom is 0.0530 e. The van der Waals surface area contributed by atoms with Crippen LogP contribution in [0, 0.1) is 5.41 Å². The highest BCUT2D eigenvalue weighted by Gasteiger charge is 2.31. The quantitative estimate of drug-likeness (QED) is 0.714. The number of rotatable bonds is 3. The molecule has 0 aromatic heterocycles. The summed E-state index contributed by atoms with van der Waals surface area (Å²) in [6.45, 7) is 1.64. The van der Waals surface area contributed by atoms with Crippen molar-refractivity contribution in [1.82, 2.24) is 0 Å². The fraction of sp³-hybridized carbons (Fsp3) is 1.00. The Kier molecular flexibility index (Phi) is 5.06. The molecule has 0 radical (unpaired) electrons. The Hall–Kier alpha value is 0.210. The van der Waals surface area contributed by atoms with Crippen molar-refractivity contribution in [2.24, 2.45) is 11.1 Å². The van der Waals surface area contributed by atoms with E-state index in [4.69, 9.17) is 10.5 Å². The molecule has 0 atom stereocenters. The molecule has 11 heavy (non-hydrogen) atoms. The highest BCUT2D eigenvalue weighted by molar-refractivity contribution is 5.85. The standard InChI is InChI=1S/C8H17NO.ClH/c1-10-7-8(6-9)4-2-3-5-8;/h2-7,9H2,1H3;1H. The lowest BCUT2D eigenvalue weighted by molar-refractivity contribution is 0.0894. The van der Waals surface area contributed by atoms with Gasteiger partial charge < -0.3 is 10.5 Å². The molecule has 0 saturated heterocycles. The van der Waals surface area contributed by atoms with E-state index in [2.05, 4.69) is 0 Å². The molecular formula is C8H18ClNO. The van der Waals surface area contributed by atoms with Crippen molar-refractivity contribution < 1.29 is 4.74 Å². The highest BCUT2D eigenvalue weighted by Crippen LogP contribution is 2.36. The number of ether oxygens (including phenoxy) is 1. The second-order valence-corrected chi connectivity index (χ2v) is 3.34. The second-order valence-electron chi connectivity index (χ2n) is 3.34. The molecule has 3 heteroatoms. The predicted molar refractivity (Wildman–Crippen MR) is 49.1 cm³/mol. The first-order chi connectivity index (χ1) is 4.83. The third-order valence-corrected chi connectivity index (χ3v) is 2.55. The van der Waals surface area contributed by atoms with Crippen LogP contribution in [0.1, 0.15) is 25.7 Å². The zero-order chi connectivity index (χ0) is 7.45. The van der Waals surface area contributed by atoms with Gasteiger partial charge in [0.15, 0.2) is 0 Å². The SMILES string of the molecule is COCC1(CN)CCCC1.Cl. The molecule has 0 bridgehead atoms. The Bertz CT molecular complexity index is 102. The summed E-state index contributed by atoms with van der Waals surface area (Å²) in [7, 11) is 1.76. The van der Waals surface area contributed by atoms with Gasteiger partial charge >= 0.3 is 0 Å². The summed E-state index contributed by atoms with van der Waals surface area (Å²) in [6.07, 6.45) is 5.19. The molecule has 68 valence electrons. The van der Waals surface area contributed by atoms with Gasteiger partial charge in [0.2, 0.25) is 0 Å². The zero-order valence-electron chi connectivity index (χ0n) is 7.14.